The van der Waals surface area contributed by atoms with E-state index in [1.165, 1.54) is 25.9 Å². The van der Waals surface area contributed by atoms with E-state index in [9.17, 15) is 0 Å². The lowest BCUT2D eigenvalue weighted by atomic mass is 10.1. The molecular formula is C17H33ClN2O2. The Morgan fingerprint density at radius 1 is 0.955 bits per heavy atom. The highest BCUT2D eigenvalue weighted by Gasteiger charge is 2.15. The molecule has 2 fully saturated rings. The molecule has 22 heavy (non-hydrogen) atoms. The Balaban J connectivity index is 0.000000385. The minimum Gasteiger partial charge on any atom is -0.374 e. The van der Waals surface area contributed by atoms with Crippen molar-refractivity contribution in [2.24, 2.45) is 0 Å². The Bertz CT molecular complexity index is 276. The molecule has 130 valence electrons. The fraction of sp³-hybridized carbons (Fsp3) is 0.765. The monoisotopic (exact) mass is 332 g/mol. The number of nitrogens with zero attached hydrogens (tertiary/aromatic N) is 1. The largest absolute Gasteiger partial charge is 0.374 e. The minimum atomic E-state index is 0. The van der Waals surface area contributed by atoms with Crippen LogP contribution >= 0.6 is 12.4 Å². The average Bonchev–Trinajstić information content (AvgIpc) is 2.54. The fourth-order valence-corrected chi connectivity index (χ4v) is 2.52. The van der Waals surface area contributed by atoms with Crippen molar-refractivity contribution in [1.29, 1.82) is 0 Å². The molecule has 5 heteroatoms. The van der Waals surface area contributed by atoms with Gasteiger partial charge >= 0.3 is 0 Å². The molecule has 0 saturated carbocycles. The van der Waals surface area contributed by atoms with Crippen molar-refractivity contribution in [2.75, 3.05) is 46.4 Å². The van der Waals surface area contributed by atoms with E-state index in [4.69, 9.17) is 9.47 Å². The predicted molar refractivity (Wildman–Crippen MR) is 96.0 cm³/mol. The molecule has 0 spiro atoms. The van der Waals surface area contributed by atoms with Gasteiger partial charge in [0.05, 0.1) is 25.4 Å². The van der Waals surface area contributed by atoms with Crippen LogP contribution in [0.15, 0.2) is 25.3 Å². The maximum absolute atomic E-state index is 5.54. The summed E-state index contributed by atoms with van der Waals surface area (Å²) >= 11 is 0. The molecule has 2 aliphatic heterocycles. The van der Waals surface area contributed by atoms with Gasteiger partial charge < -0.3 is 19.7 Å². The number of hydrogen-bond donors (Lipinski definition) is 1. The normalized spacial score (nSPS) is 20.4. The van der Waals surface area contributed by atoms with Crippen molar-refractivity contribution in [1.82, 2.24) is 10.2 Å². The number of ether oxygens (including phenoxy) is 2. The molecule has 1 N–H and O–H groups in total. The standard InChI is InChI=1S/C9H17NO.C8H15NO.ClH/c1-3-8-11-9-4-6-10(2)7-5-9;1-2-7-10-8-3-5-9-6-4-8;/h3,9H,1,4-8H2,2H3;2,8-9H,1,3-7H2;1H. The van der Waals surface area contributed by atoms with Crippen LogP contribution in [0, 0.1) is 0 Å². The van der Waals surface area contributed by atoms with Gasteiger partial charge in [0.1, 0.15) is 0 Å². The zero-order valence-electron chi connectivity index (χ0n) is 14.0. The minimum absolute atomic E-state index is 0. The van der Waals surface area contributed by atoms with Gasteiger partial charge in [-0.15, -0.1) is 25.6 Å². The fourth-order valence-electron chi connectivity index (χ4n) is 2.52. The topological polar surface area (TPSA) is 33.7 Å². The third-order valence-electron chi connectivity index (χ3n) is 3.85. The Kier molecular flexibility index (Phi) is 14.0. The number of piperidine rings is 2. The summed E-state index contributed by atoms with van der Waals surface area (Å²) in [5, 5.41) is 3.29. The summed E-state index contributed by atoms with van der Waals surface area (Å²) in [4.78, 5) is 2.34. The number of rotatable bonds is 6. The third kappa shape index (κ3) is 10.4. The van der Waals surface area contributed by atoms with E-state index < -0.39 is 0 Å². The predicted octanol–water partition coefficient (Wildman–Crippen LogP) is 2.65. The summed E-state index contributed by atoms with van der Waals surface area (Å²) in [5.74, 6) is 0. The summed E-state index contributed by atoms with van der Waals surface area (Å²) in [6.07, 6.45) is 9.21. The molecule has 0 unspecified atom stereocenters. The molecule has 2 heterocycles. The lowest BCUT2D eigenvalue weighted by Crippen LogP contribution is -2.34. The quantitative estimate of drug-likeness (QED) is 0.758. The van der Waals surface area contributed by atoms with Gasteiger partial charge in [0.25, 0.3) is 0 Å². The van der Waals surface area contributed by atoms with E-state index in [1.807, 2.05) is 12.2 Å². The van der Waals surface area contributed by atoms with Crippen molar-refractivity contribution in [3.63, 3.8) is 0 Å². The summed E-state index contributed by atoms with van der Waals surface area (Å²) in [7, 11) is 2.16. The van der Waals surface area contributed by atoms with Crippen molar-refractivity contribution >= 4 is 12.4 Å². The van der Waals surface area contributed by atoms with E-state index in [0.717, 1.165) is 25.9 Å². The lowest BCUT2D eigenvalue weighted by molar-refractivity contribution is 0.0281. The first kappa shape index (κ1) is 21.6. The van der Waals surface area contributed by atoms with Crippen LogP contribution in [-0.4, -0.2) is 63.5 Å². The van der Waals surface area contributed by atoms with Crippen LogP contribution in [0.1, 0.15) is 25.7 Å². The Morgan fingerprint density at radius 3 is 1.86 bits per heavy atom. The zero-order chi connectivity index (χ0) is 15.3. The third-order valence-corrected chi connectivity index (χ3v) is 3.85. The van der Waals surface area contributed by atoms with Gasteiger partial charge in [-0.1, -0.05) is 12.2 Å². The lowest BCUT2D eigenvalue weighted by Gasteiger charge is -2.28. The SMILES string of the molecule is C=CCOC1CCN(C)CC1.C=CCOC1CCNCC1.Cl. The maximum Gasteiger partial charge on any atom is 0.0648 e. The molecule has 0 aromatic heterocycles. The van der Waals surface area contributed by atoms with Gasteiger partial charge in [0, 0.05) is 13.1 Å². The number of halogens is 1. The highest BCUT2D eigenvalue weighted by atomic mass is 35.5. The maximum atomic E-state index is 5.54. The summed E-state index contributed by atoms with van der Waals surface area (Å²) in [5.41, 5.74) is 0. The molecule has 4 nitrogen and oxygen atoms in total. The van der Waals surface area contributed by atoms with E-state index in [0.29, 0.717) is 25.4 Å². The van der Waals surface area contributed by atoms with Crippen molar-refractivity contribution in [3.05, 3.63) is 25.3 Å². The molecule has 0 amide bonds. The summed E-state index contributed by atoms with van der Waals surface area (Å²) in [6.45, 7) is 13.2. The molecule has 2 aliphatic rings. The molecule has 0 aliphatic carbocycles. The van der Waals surface area contributed by atoms with Crippen LogP contribution in [0.4, 0.5) is 0 Å². The second-order valence-corrected chi connectivity index (χ2v) is 5.70. The van der Waals surface area contributed by atoms with E-state index >= 15 is 0 Å². The number of likely N-dealkylation sites (tertiary alicyclic amines) is 1. The van der Waals surface area contributed by atoms with Gasteiger partial charge in [0.15, 0.2) is 0 Å². The molecule has 0 radical (unpaired) electrons. The van der Waals surface area contributed by atoms with Crippen LogP contribution in [-0.2, 0) is 9.47 Å². The van der Waals surface area contributed by atoms with E-state index in [-0.39, 0.29) is 12.4 Å². The summed E-state index contributed by atoms with van der Waals surface area (Å²) in [6, 6.07) is 0. The average molecular weight is 333 g/mol. The van der Waals surface area contributed by atoms with Crippen molar-refractivity contribution in [3.8, 4) is 0 Å². The van der Waals surface area contributed by atoms with Gasteiger partial charge in [-0.05, 0) is 45.8 Å². The van der Waals surface area contributed by atoms with Crippen LogP contribution in [0.5, 0.6) is 0 Å². The number of hydrogen-bond acceptors (Lipinski definition) is 4. The smallest absolute Gasteiger partial charge is 0.0648 e. The molecule has 2 saturated heterocycles. The molecule has 2 rings (SSSR count). The Hall–Kier alpha value is -0.390. The highest BCUT2D eigenvalue weighted by molar-refractivity contribution is 5.85. The highest BCUT2D eigenvalue weighted by Crippen LogP contribution is 2.11. The van der Waals surface area contributed by atoms with Crippen LogP contribution < -0.4 is 5.32 Å². The molecule has 0 atom stereocenters. The van der Waals surface area contributed by atoms with Gasteiger partial charge in [0.2, 0.25) is 0 Å². The Morgan fingerprint density at radius 2 is 1.41 bits per heavy atom. The zero-order valence-corrected chi connectivity index (χ0v) is 14.8. The van der Waals surface area contributed by atoms with E-state index in [1.54, 1.807) is 0 Å². The van der Waals surface area contributed by atoms with Gasteiger partial charge in [-0.3, -0.25) is 0 Å². The van der Waals surface area contributed by atoms with Gasteiger partial charge in [-0.2, -0.15) is 0 Å². The van der Waals surface area contributed by atoms with Gasteiger partial charge in [-0.25, -0.2) is 0 Å². The van der Waals surface area contributed by atoms with Crippen molar-refractivity contribution < 1.29 is 9.47 Å². The second-order valence-electron chi connectivity index (χ2n) is 5.70. The Labute approximate surface area is 142 Å². The first-order valence-electron chi connectivity index (χ1n) is 8.10. The molecular weight excluding hydrogens is 300 g/mol. The number of nitrogens with one attached hydrogen (secondary N) is 1. The molecule has 0 bridgehead atoms. The summed E-state index contributed by atoms with van der Waals surface area (Å²) < 4.78 is 11.0. The van der Waals surface area contributed by atoms with Crippen molar-refractivity contribution in [2.45, 2.75) is 37.9 Å². The first-order valence-corrected chi connectivity index (χ1v) is 8.10. The van der Waals surface area contributed by atoms with E-state index in [2.05, 4.69) is 30.4 Å². The van der Waals surface area contributed by atoms with Crippen LogP contribution in [0.25, 0.3) is 0 Å². The van der Waals surface area contributed by atoms with Crippen LogP contribution in [0.2, 0.25) is 0 Å². The molecule has 0 aromatic carbocycles. The molecule has 0 aromatic rings. The van der Waals surface area contributed by atoms with Crippen LogP contribution in [0.3, 0.4) is 0 Å². The second kappa shape index (κ2) is 14.2. The first-order chi connectivity index (χ1) is 10.3.